The Morgan fingerprint density at radius 3 is 2.64 bits per heavy atom. The Hall–Kier alpha value is -2.56. The second-order valence-electron chi connectivity index (χ2n) is 8.65. The molecule has 0 radical (unpaired) electrons. The predicted octanol–water partition coefficient (Wildman–Crippen LogP) is 4.84. The molecule has 2 aromatic heterocycles. The van der Waals surface area contributed by atoms with Crippen LogP contribution in [0.3, 0.4) is 0 Å². The van der Waals surface area contributed by atoms with E-state index in [4.69, 9.17) is 9.47 Å². The fraction of sp³-hybridized carbons (Fsp3) is 0.591. The van der Waals surface area contributed by atoms with E-state index in [9.17, 15) is 22.8 Å². The van der Waals surface area contributed by atoms with Crippen LogP contribution in [0.4, 0.5) is 18.0 Å². The number of nitrogens with zero attached hydrogens (tertiary/aromatic N) is 2. The molecule has 1 saturated heterocycles. The molecule has 1 N–H and O–H groups in total. The molecule has 0 bridgehead atoms. The number of carbonyl (C=O) groups excluding carboxylic acids is 2. The van der Waals surface area contributed by atoms with Gasteiger partial charge in [0, 0.05) is 43.9 Å². The van der Waals surface area contributed by atoms with E-state index in [0.29, 0.717) is 25.3 Å². The van der Waals surface area contributed by atoms with Gasteiger partial charge in [-0.15, -0.1) is 11.3 Å². The van der Waals surface area contributed by atoms with Gasteiger partial charge in [0.2, 0.25) is 5.88 Å². The number of ether oxygens (including phenoxy) is 2. The van der Waals surface area contributed by atoms with E-state index in [2.05, 4.69) is 10.3 Å². The van der Waals surface area contributed by atoms with Crippen LogP contribution in [0.1, 0.15) is 55.5 Å². The number of halogens is 3. The van der Waals surface area contributed by atoms with Crippen molar-refractivity contribution in [3.05, 3.63) is 22.6 Å². The minimum Gasteiger partial charge on any atom is -0.474 e. The molecule has 3 atom stereocenters. The lowest BCUT2D eigenvalue weighted by Crippen LogP contribution is -2.48. The van der Waals surface area contributed by atoms with E-state index >= 15 is 0 Å². The van der Waals surface area contributed by atoms with E-state index in [0.717, 1.165) is 30.2 Å². The molecule has 0 aromatic carbocycles. The summed E-state index contributed by atoms with van der Waals surface area (Å²) in [5.74, 6) is -0.264. The summed E-state index contributed by atoms with van der Waals surface area (Å²) in [6, 6.07) is 0.686. The zero-order valence-corrected chi connectivity index (χ0v) is 19.4. The maximum Gasteiger partial charge on any atom is 0.418 e. The van der Waals surface area contributed by atoms with Crippen LogP contribution < -0.4 is 10.1 Å². The Morgan fingerprint density at radius 2 is 2.03 bits per heavy atom. The maximum atomic E-state index is 13.7. The normalized spacial score (nSPS) is 22.2. The number of pyridine rings is 1. The minimum absolute atomic E-state index is 0.0349. The second-order valence-corrected chi connectivity index (χ2v) is 9.52. The molecule has 33 heavy (non-hydrogen) atoms. The Labute approximate surface area is 193 Å². The molecule has 7 nitrogen and oxygen atoms in total. The maximum absolute atomic E-state index is 13.7. The Morgan fingerprint density at radius 1 is 1.30 bits per heavy atom. The molecule has 1 saturated carbocycles. The topological polar surface area (TPSA) is 80.8 Å². The van der Waals surface area contributed by atoms with Gasteiger partial charge in [-0.2, -0.15) is 13.2 Å². The summed E-state index contributed by atoms with van der Waals surface area (Å²) in [6.45, 7) is 4.13. The first-order valence-electron chi connectivity index (χ1n) is 10.9. The highest BCUT2D eigenvalue weighted by Crippen LogP contribution is 2.40. The number of thiophene rings is 1. The van der Waals surface area contributed by atoms with Crippen LogP contribution >= 0.6 is 11.3 Å². The number of nitrogens with one attached hydrogen (secondary N) is 1. The number of hydrogen-bond donors (Lipinski definition) is 1. The highest BCUT2D eigenvalue weighted by atomic mass is 32.1. The first-order valence-corrected chi connectivity index (χ1v) is 11.8. The largest absolute Gasteiger partial charge is 0.474 e. The summed E-state index contributed by atoms with van der Waals surface area (Å²) in [7, 11) is 1.41. The van der Waals surface area contributed by atoms with Gasteiger partial charge in [0.1, 0.15) is 12.2 Å². The first-order chi connectivity index (χ1) is 15.6. The Kier molecular flexibility index (Phi) is 6.43. The summed E-state index contributed by atoms with van der Waals surface area (Å²) < 4.78 is 52.4. The fourth-order valence-corrected chi connectivity index (χ4v) is 5.14. The van der Waals surface area contributed by atoms with Crippen molar-refractivity contribution in [2.45, 2.75) is 64.0 Å². The van der Waals surface area contributed by atoms with Crippen LogP contribution in [-0.4, -0.2) is 53.7 Å². The minimum atomic E-state index is -4.62. The van der Waals surface area contributed by atoms with Gasteiger partial charge in [-0.05, 0) is 32.6 Å². The third-order valence-electron chi connectivity index (χ3n) is 6.20. The summed E-state index contributed by atoms with van der Waals surface area (Å²) in [5, 5.41) is 3.79. The standard InChI is InChI=1S/C22H26F3N3O4S/c1-11-8-14(6-7-28(11)21(30)31-12(2)13-4-5-13)32-17-9-16(22(23,24)25)19-18(27-17)15(10-33-19)20(29)26-3/h9-14H,4-8H2,1-3H3,(H,26,29)/t11-,12-,14-/m0/s1. The van der Waals surface area contributed by atoms with Crippen LogP contribution in [0.25, 0.3) is 10.2 Å². The smallest absolute Gasteiger partial charge is 0.418 e. The number of likely N-dealkylation sites (tertiary alicyclic amines) is 1. The van der Waals surface area contributed by atoms with Crippen molar-refractivity contribution < 1.29 is 32.2 Å². The number of piperidine rings is 1. The van der Waals surface area contributed by atoms with Gasteiger partial charge in [-0.25, -0.2) is 9.78 Å². The monoisotopic (exact) mass is 485 g/mol. The molecule has 0 spiro atoms. The van der Waals surface area contributed by atoms with Crippen molar-refractivity contribution in [2.75, 3.05) is 13.6 Å². The lowest BCUT2D eigenvalue weighted by molar-refractivity contribution is -0.136. The van der Waals surface area contributed by atoms with E-state index in [-0.39, 0.29) is 39.9 Å². The number of fused-ring (bicyclic) bond motifs is 1. The van der Waals surface area contributed by atoms with Crippen LogP contribution in [0.15, 0.2) is 11.4 Å². The molecule has 1 aliphatic heterocycles. The van der Waals surface area contributed by atoms with Crippen molar-refractivity contribution in [1.29, 1.82) is 0 Å². The lowest BCUT2D eigenvalue weighted by atomic mass is 10.0. The molecule has 2 amide bonds. The van der Waals surface area contributed by atoms with Crippen molar-refractivity contribution >= 4 is 33.6 Å². The average molecular weight is 486 g/mol. The molecule has 2 aliphatic rings. The highest BCUT2D eigenvalue weighted by Gasteiger charge is 2.37. The summed E-state index contributed by atoms with van der Waals surface area (Å²) in [4.78, 5) is 30.5. The average Bonchev–Trinajstić information content (AvgIpc) is 3.52. The van der Waals surface area contributed by atoms with Crippen LogP contribution in [-0.2, 0) is 10.9 Å². The van der Waals surface area contributed by atoms with Gasteiger partial charge in [-0.3, -0.25) is 4.79 Å². The molecular weight excluding hydrogens is 459 g/mol. The van der Waals surface area contributed by atoms with Crippen molar-refractivity contribution in [3.63, 3.8) is 0 Å². The van der Waals surface area contributed by atoms with Gasteiger partial charge in [-0.1, -0.05) is 0 Å². The van der Waals surface area contributed by atoms with Gasteiger partial charge in [0.15, 0.2) is 0 Å². The molecule has 3 heterocycles. The van der Waals surface area contributed by atoms with Gasteiger partial charge < -0.3 is 19.7 Å². The molecule has 2 aromatic rings. The van der Waals surface area contributed by atoms with Gasteiger partial charge >= 0.3 is 12.3 Å². The van der Waals surface area contributed by atoms with E-state index in [1.54, 1.807) is 4.90 Å². The lowest BCUT2D eigenvalue weighted by Gasteiger charge is -2.37. The molecule has 2 fully saturated rings. The summed E-state index contributed by atoms with van der Waals surface area (Å²) in [5.41, 5.74) is -0.845. The Balaban J connectivity index is 1.50. The molecule has 4 rings (SSSR count). The number of carbonyl (C=O) groups is 2. The summed E-state index contributed by atoms with van der Waals surface area (Å²) in [6.07, 6.45) is -2.51. The predicted molar refractivity (Wildman–Crippen MR) is 116 cm³/mol. The van der Waals surface area contributed by atoms with E-state index in [1.807, 2.05) is 13.8 Å². The summed E-state index contributed by atoms with van der Waals surface area (Å²) >= 11 is 0.824. The van der Waals surface area contributed by atoms with Crippen LogP contribution in [0, 0.1) is 5.92 Å². The SMILES string of the molecule is CNC(=O)c1csc2c(C(F)(F)F)cc(O[C@H]3CCN(C(=O)O[C@@H](C)C4CC4)[C@@H](C)C3)nc12. The second kappa shape index (κ2) is 9.00. The third-order valence-corrected chi connectivity index (χ3v) is 7.20. The fourth-order valence-electron chi connectivity index (χ4n) is 4.12. The van der Waals surface area contributed by atoms with Crippen molar-refractivity contribution in [1.82, 2.24) is 15.2 Å². The zero-order chi connectivity index (χ0) is 23.9. The quantitative estimate of drug-likeness (QED) is 0.656. The first kappa shape index (κ1) is 23.6. The number of aromatic nitrogens is 1. The number of alkyl halides is 3. The van der Waals surface area contributed by atoms with Crippen molar-refractivity contribution in [3.8, 4) is 5.88 Å². The number of rotatable bonds is 5. The van der Waals surface area contributed by atoms with Gasteiger partial charge in [0.25, 0.3) is 5.91 Å². The van der Waals surface area contributed by atoms with E-state index in [1.165, 1.54) is 12.4 Å². The third kappa shape index (κ3) is 5.02. The Bertz CT molecular complexity index is 1050. The zero-order valence-electron chi connectivity index (χ0n) is 18.6. The molecular formula is C22H26F3N3O4S. The number of amides is 2. The molecule has 180 valence electrons. The van der Waals surface area contributed by atoms with Gasteiger partial charge in [0.05, 0.1) is 21.3 Å². The van der Waals surface area contributed by atoms with Crippen LogP contribution in [0.5, 0.6) is 5.88 Å². The molecule has 1 aliphatic carbocycles. The van der Waals surface area contributed by atoms with Crippen LogP contribution in [0.2, 0.25) is 0 Å². The highest BCUT2D eigenvalue weighted by molar-refractivity contribution is 7.17. The van der Waals surface area contributed by atoms with E-state index < -0.39 is 23.8 Å². The molecule has 0 unspecified atom stereocenters. The molecule has 11 heteroatoms. The van der Waals surface area contributed by atoms with Crippen molar-refractivity contribution in [2.24, 2.45) is 5.92 Å². The number of hydrogen-bond acceptors (Lipinski definition) is 6.